The molecule has 2 N–H and O–H groups in total. The molecule has 0 bridgehead atoms. The van der Waals surface area contributed by atoms with E-state index in [1.807, 2.05) is 52.0 Å². The Hall–Kier alpha value is -3.06. The van der Waals surface area contributed by atoms with E-state index in [4.69, 9.17) is 9.47 Å². The van der Waals surface area contributed by atoms with Gasteiger partial charge in [-0.2, -0.15) is 0 Å². The van der Waals surface area contributed by atoms with E-state index in [9.17, 15) is 14.7 Å². The van der Waals surface area contributed by atoms with Crippen molar-refractivity contribution in [2.24, 2.45) is 5.92 Å². The summed E-state index contributed by atoms with van der Waals surface area (Å²) in [6.45, 7) is 8.05. The topological polar surface area (TPSA) is 88.1 Å². The standard InChI is InChI=1S/C27H34N2O5/c1-17(23-14-9-15-29(23)26(32)34-27(2,3)4)24(30)28-25(31)33-16-22-20-12-7-5-10-18(20)19-11-6-8-13-21(19)22/h5-8,10-13,17,22-24,30H,9,14-16H2,1-4H3,(H,28,31)/t17-,23-,24+/m0/s1. The van der Waals surface area contributed by atoms with Crippen LogP contribution in [0.3, 0.4) is 0 Å². The van der Waals surface area contributed by atoms with Gasteiger partial charge in [-0.15, -0.1) is 0 Å². The molecular formula is C27H34N2O5. The number of carbonyl (C=O) groups excluding carboxylic acids is 2. The molecule has 2 aliphatic rings. The zero-order chi connectivity index (χ0) is 24.5. The smallest absolute Gasteiger partial charge is 0.410 e. The predicted octanol–water partition coefficient (Wildman–Crippen LogP) is 4.88. The SMILES string of the molecule is C[C@H]([C@@H](O)NC(=O)OCC1c2ccccc2-c2ccccc21)[C@@H]1CCCN1C(=O)OC(C)(C)C. The van der Waals surface area contributed by atoms with Crippen molar-refractivity contribution >= 4 is 12.2 Å². The number of aliphatic hydroxyl groups excluding tert-OH is 1. The number of hydrogen-bond donors (Lipinski definition) is 2. The molecule has 2 aromatic rings. The fourth-order valence-electron chi connectivity index (χ4n) is 4.99. The lowest BCUT2D eigenvalue weighted by Crippen LogP contribution is -2.49. The van der Waals surface area contributed by atoms with Gasteiger partial charge in [-0.05, 0) is 55.9 Å². The second kappa shape index (κ2) is 9.66. The predicted molar refractivity (Wildman–Crippen MR) is 129 cm³/mol. The third-order valence-electron chi connectivity index (χ3n) is 6.64. The Morgan fingerprint density at radius 1 is 1.09 bits per heavy atom. The number of benzene rings is 2. The minimum absolute atomic E-state index is 0.0507. The average Bonchev–Trinajstić information content (AvgIpc) is 3.39. The van der Waals surface area contributed by atoms with Crippen LogP contribution in [0.1, 0.15) is 57.6 Å². The van der Waals surface area contributed by atoms with Crippen LogP contribution in [-0.4, -0.2) is 53.2 Å². The van der Waals surface area contributed by atoms with Crippen LogP contribution < -0.4 is 5.32 Å². The van der Waals surface area contributed by atoms with E-state index in [1.165, 1.54) is 0 Å². The highest BCUT2D eigenvalue weighted by Gasteiger charge is 2.38. The van der Waals surface area contributed by atoms with Gasteiger partial charge in [0.15, 0.2) is 0 Å². The Morgan fingerprint density at radius 3 is 2.26 bits per heavy atom. The molecule has 1 aliphatic heterocycles. The monoisotopic (exact) mass is 466 g/mol. The summed E-state index contributed by atoms with van der Waals surface area (Å²) in [6.07, 6.45) is -0.655. The van der Waals surface area contributed by atoms with Crippen LogP contribution in [0.4, 0.5) is 9.59 Å². The Balaban J connectivity index is 1.35. The number of amides is 2. The van der Waals surface area contributed by atoms with Crippen molar-refractivity contribution in [1.29, 1.82) is 0 Å². The quantitative estimate of drug-likeness (QED) is 0.613. The summed E-state index contributed by atoms with van der Waals surface area (Å²) >= 11 is 0. The molecule has 0 aromatic heterocycles. The third-order valence-corrected chi connectivity index (χ3v) is 6.64. The maximum atomic E-state index is 12.6. The van der Waals surface area contributed by atoms with Crippen LogP contribution in [0.25, 0.3) is 11.1 Å². The molecule has 1 heterocycles. The number of nitrogens with zero attached hydrogens (tertiary/aromatic N) is 1. The van der Waals surface area contributed by atoms with Gasteiger partial charge in [-0.3, -0.25) is 5.32 Å². The molecule has 0 saturated carbocycles. The first kappa shape index (κ1) is 24.1. The minimum Gasteiger partial charge on any atom is -0.448 e. The van der Waals surface area contributed by atoms with E-state index in [-0.39, 0.29) is 24.5 Å². The zero-order valence-corrected chi connectivity index (χ0v) is 20.3. The highest BCUT2D eigenvalue weighted by molar-refractivity contribution is 5.79. The lowest BCUT2D eigenvalue weighted by atomic mass is 9.98. The lowest BCUT2D eigenvalue weighted by Gasteiger charge is -2.33. The molecule has 7 heteroatoms. The number of nitrogens with one attached hydrogen (secondary N) is 1. The Labute approximate surface area is 201 Å². The van der Waals surface area contributed by atoms with Gasteiger partial charge in [-0.25, -0.2) is 9.59 Å². The van der Waals surface area contributed by atoms with Crippen LogP contribution >= 0.6 is 0 Å². The van der Waals surface area contributed by atoms with E-state index in [0.29, 0.717) is 6.54 Å². The highest BCUT2D eigenvalue weighted by atomic mass is 16.6. The number of ether oxygens (including phenoxy) is 2. The highest BCUT2D eigenvalue weighted by Crippen LogP contribution is 2.44. The molecule has 2 amide bonds. The lowest BCUT2D eigenvalue weighted by molar-refractivity contribution is 0.00142. The molecule has 0 spiro atoms. The summed E-state index contributed by atoms with van der Waals surface area (Å²) in [5.74, 6) is -0.430. The van der Waals surface area contributed by atoms with Crippen LogP contribution in [0.2, 0.25) is 0 Å². The van der Waals surface area contributed by atoms with Crippen LogP contribution in [0.15, 0.2) is 48.5 Å². The maximum absolute atomic E-state index is 12.6. The minimum atomic E-state index is -1.15. The van der Waals surface area contributed by atoms with Crippen molar-refractivity contribution < 1.29 is 24.2 Å². The van der Waals surface area contributed by atoms with Gasteiger partial charge >= 0.3 is 12.2 Å². The Bertz CT molecular complexity index is 1000. The van der Waals surface area contributed by atoms with Crippen LogP contribution in [0, 0.1) is 5.92 Å². The molecular weight excluding hydrogens is 432 g/mol. The fraction of sp³-hybridized carbons (Fsp3) is 0.481. The second-order valence-electron chi connectivity index (χ2n) is 10.2. The normalized spacial score (nSPS) is 19.2. The van der Waals surface area contributed by atoms with E-state index in [1.54, 1.807) is 4.90 Å². The van der Waals surface area contributed by atoms with Crippen LogP contribution in [-0.2, 0) is 9.47 Å². The first-order chi connectivity index (χ1) is 16.2. The molecule has 1 fully saturated rings. The molecule has 34 heavy (non-hydrogen) atoms. The number of hydrogen-bond acceptors (Lipinski definition) is 5. The largest absolute Gasteiger partial charge is 0.448 e. The Morgan fingerprint density at radius 2 is 1.68 bits per heavy atom. The van der Waals surface area contributed by atoms with Crippen LogP contribution in [0.5, 0.6) is 0 Å². The molecule has 2 aromatic carbocycles. The number of carbonyl (C=O) groups is 2. The van der Waals surface area contributed by atoms with Crippen molar-refractivity contribution in [3.63, 3.8) is 0 Å². The molecule has 4 rings (SSSR count). The van der Waals surface area contributed by atoms with E-state index < -0.39 is 24.0 Å². The zero-order valence-electron chi connectivity index (χ0n) is 20.3. The molecule has 7 nitrogen and oxygen atoms in total. The molecule has 1 saturated heterocycles. The summed E-state index contributed by atoms with van der Waals surface area (Å²) in [7, 11) is 0. The second-order valence-corrected chi connectivity index (χ2v) is 10.2. The van der Waals surface area contributed by atoms with Gasteiger partial charge in [0.2, 0.25) is 0 Å². The number of alkyl carbamates (subject to hydrolysis) is 1. The van der Waals surface area contributed by atoms with Gasteiger partial charge in [0.25, 0.3) is 0 Å². The van der Waals surface area contributed by atoms with E-state index in [2.05, 4.69) is 29.6 Å². The van der Waals surface area contributed by atoms with E-state index in [0.717, 1.165) is 35.1 Å². The molecule has 0 unspecified atom stereocenters. The number of aliphatic hydroxyl groups is 1. The number of fused-ring (bicyclic) bond motifs is 3. The third kappa shape index (κ3) is 5.04. The summed E-state index contributed by atoms with van der Waals surface area (Å²) in [5, 5.41) is 13.2. The van der Waals surface area contributed by atoms with Crippen molar-refractivity contribution in [3.8, 4) is 11.1 Å². The maximum Gasteiger partial charge on any atom is 0.410 e. The first-order valence-corrected chi connectivity index (χ1v) is 11.9. The first-order valence-electron chi connectivity index (χ1n) is 11.9. The molecule has 182 valence electrons. The summed E-state index contributed by atoms with van der Waals surface area (Å²) in [6, 6.07) is 16.0. The van der Waals surface area contributed by atoms with Crippen molar-refractivity contribution in [2.45, 2.75) is 64.3 Å². The van der Waals surface area contributed by atoms with Gasteiger partial charge in [0.05, 0.1) is 0 Å². The molecule has 0 radical (unpaired) electrons. The van der Waals surface area contributed by atoms with Crippen molar-refractivity contribution in [3.05, 3.63) is 59.7 Å². The molecule has 3 atom stereocenters. The molecule has 1 aliphatic carbocycles. The van der Waals surface area contributed by atoms with Crippen molar-refractivity contribution in [1.82, 2.24) is 10.2 Å². The van der Waals surface area contributed by atoms with Gasteiger partial charge < -0.3 is 19.5 Å². The fourth-order valence-corrected chi connectivity index (χ4v) is 4.99. The van der Waals surface area contributed by atoms with Gasteiger partial charge in [0.1, 0.15) is 18.4 Å². The Kier molecular flexibility index (Phi) is 6.84. The van der Waals surface area contributed by atoms with Gasteiger partial charge in [0, 0.05) is 24.4 Å². The average molecular weight is 467 g/mol. The number of rotatable bonds is 5. The summed E-state index contributed by atoms with van der Waals surface area (Å²) in [5.41, 5.74) is 3.98. The number of likely N-dealkylation sites (tertiary alicyclic amines) is 1. The van der Waals surface area contributed by atoms with E-state index >= 15 is 0 Å². The summed E-state index contributed by atoms with van der Waals surface area (Å²) < 4.78 is 11.1. The van der Waals surface area contributed by atoms with Gasteiger partial charge in [-0.1, -0.05) is 55.5 Å². The summed E-state index contributed by atoms with van der Waals surface area (Å²) in [4.78, 5) is 26.8. The van der Waals surface area contributed by atoms with Crippen molar-refractivity contribution in [2.75, 3.05) is 13.2 Å².